The molecule has 0 radical (unpaired) electrons. The molecular formula is C17H23N3S. The van der Waals surface area contributed by atoms with Crippen molar-refractivity contribution < 1.29 is 0 Å². The van der Waals surface area contributed by atoms with Crippen molar-refractivity contribution in [1.82, 2.24) is 4.90 Å². The van der Waals surface area contributed by atoms with Gasteiger partial charge >= 0.3 is 0 Å². The second-order valence-corrected chi connectivity index (χ2v) is 5.97. The fourth-order valence-corrected chi connectivity index (χ4v) is 3.20. The van der Waals surface area contributed by atoms with Crippen LogP contribution in [0.25, 0.3) is 11.1 Å². The number of rotatable bonds is 7. The molecule has 1 heterocycles. The zero-order valence-electron chi connectivity index (χ0n) is 12.7. The summed E-state index contributed by atoms with van der Waals surface area (Å²) in [6, 6.07) is 10.7. The monoisotopic (exact) mass is 301 g/mol. The average Bonchev–Trinajstić information content (AvgIpc) is 2.98. The molecule has 0 saturated heterocycles. The van der Waals surface area contributed by atoms with Gasteiger partial charge in [-0.3, -0.25) is 5.41 Å². The molecule has 2 rings (SSSR count). The molecule has 3 nitrogen and oxygen atoms in total. The molecule has 0 bridgehead atoms. The van der Waals surface area contributed by atoms with E-state index in [0.29, 0.717) is 0 Å². The zero-order chi connectivity index (χ0) is 15.2. The van der Waals surface area contributed by atoms with Crippen LogP contribution in [0.2, 0.25) is 0 Å². The molecule has 1 aromatic carbocycles. The number of likely N-dealkylation sites (N-methyl/N-ethyl adjacent to an activating group) is 1. The summed E-state index contributed by atoms with van der Waals surface area (Å²) in [5, 5.41) is 9.61. The van der Waals surface area contributed by atoms with Gasteiger partial charge in [0, 0.05) is 12.1 Å². The third-order valence-electron chi connectivity index (χ3n) is 3.79. The molecule has 2 aromatic rings. The fraction of sp³-hybridized carbons (Fsp3) is 0.353. The molecular weight excluding hydrogens is 278 g/mol. The normalized spacial score (nSPS) is 11.0. The topological polar surface area (TPSA) is 53.1 Å². The minimum atomic E-state index is 0.144. The van der Waals surface area contributed by atoms with Crippen LogP contribution in [0.3, 0.4) is 0 Å². The molecule has 0 unspecified atom stereocenters. The maximum atomic E-state index is 7.62. The molecule has 0 spiro atoms. The van der Waals surface area contributed by atoms with Crippen LogP contribution in [-0.4, -0.2) is 30.4 Å². The van der Waals surface area contributed by atoms with E-state index in [0.717, 1.165) is 42.1 Å². The van der Waals surface area contributed by atoms with Gasteiger partial charge in [-0.05, 0) is 42.1 Å². The van der Waals surface area contributed by atoms with Gasteiger partial charge in [-0.15, -0.1) is 11.3 Å². The van der Waals surface area contributed by atoms with Gasteiger partial charge < -0.3 is 10.6 Å². The van der Waals surface area contributed by atoms with Gasteiger partial charge in [-0.2, -0.15) is 0 Å². The Kier molecular flexibility index (Phi) is 5.53. The van der Waals surface area contributed by atoms with Crippen molar-refractivity contribution in [3.63, 3.8) is 0 Å². The summed E-state index contributed by atoms with van der Waals surface area (Å²) in [5.41, 5.74) is 9.17. The van der Waals surface area contributed by atoms with Gasteiger partial charge in [0.1, 0.15) is 5.84 Å². The first-order chi connectivity index (χ1) is 10.2. The molecule has 1 aromatic heterocycles. The Hall–Kier alpha value is -1.65. The summed E-state index contributed by atoms with van der Waals surface area (Å²) < 4.78 is 0. The lowest BCUT2D eigenvalue weighted by molar-refractivity contribution is 0.308. The lowest BCUT2D eigenvalue weighted by Gasteiger charge is -2.17. The van der Waals surface area contributed by atoms with E-state index in [1.165, 1.54) is 16.9 Å². The molecule has 0 saturated carbocycles. The van der Waals surface area contributed by atoms with Crippen LogP contribution in [0.5, 0.6) is 0 Å². The highest BCUT2D eigenvalue weighted by molar-refractivity contribution is 7.12. The quantitative estimate of drug-likeness (QED) is 0.606. The Morgan fingerprint density at radius 1 is 1.14 bits per heavy atom. The minimum Gasteiger partial charge on any atom is -0.383 e. The van der Waals surface area contributed by atoms with Crippen molar-refractivity contribution >= 4 is 17.2 Å². The molecule has 0 aliphatic heterocycles. The van der Waals surface area contributed by atoms with E-state index in [4.69, 9.17) is 11.1 Å². The van der Waals surface area contributed by atoms with Gasteiger partial charge in [0.2, 0.25) is 0 Å². The van der Waals surface area contributed by atoms with E-state index in [9.17, 15) is 0 Å². The molecule has 4 heteroatoms. The third-order valence-corrected chi connectivity index (χ3v) is 4.73. The highest BCUT2D eigenvalue weighted by atomic mass is 32.1. The Bertz CT molecular complexity index is 582. The Labute approximate surface area is 130 Å². The van der Waals surface area contributed by atoms with Crippen molar-refractivity contribution in [3.05, 3.63) is 46.2 Å². The predicted octanol–water partition coefficient (Wildman–Crippen LogP) is 3.58. The lowest BCUT2D eigenvalue weighted by atomic mass is 10.0. The molecule has 0 aliphatic rings. The van der Waals surface area contributed by atoms with E-state index >= 15 is 0 Å². The van der Waals surface area contributed by atoms with E-state index in [-0.39, 0.29) is 5.84 Å². The van der Waals surface area contributed by atoms with Crippen LogP contribution >= 0.6 is 11.3 Å². The van der Waals surface area contributed by atoms with Crippen molar-refractivity contribution in [2.24, 2.45) is 5.73 Å². The minimum absolute atomic E-state index is 0.144. The molecule has 0 amide bonds. The third kappa shape index (κ3) is 3.93. The molecule has 0 aliphatic carbocycles. The number of thiophene rings is 1. The second kappa shape index (κ2) is 7.38. The van der Waals surface area contributed by atoms with Crippen LogP contribution < -0.4 is 5.73 Å². The summed E-state index contributed by atoms with van der Waals surface area (Å²) in [6.45, 7) is 7.71. The first kappa shape index (κ1) is 15.7. The molecule has 3 N–H and O–H groups in total. The summed E-state index contributed by atoms with van der Waals surface area (Å²) in [6.07, 6.45) is 1.07. The number of nitrogens with two attached hydrogens (primary N) is 1. The number of amidine groups is 1. The maximum absolute atomic E-state index is 7.62. The second-order valence-electron chi connectivity index (χ2n) is 5.05. The van der Waals surface area contributed by atoms with Crippen molar-refractivity contribution in [2.45, 2.75) is 20.3 Å². The van der Waals surface area contributed by atoms with E-state index in [1.807, 2.05) is 11.4 Å². The first-order valence-corrected chi connectivity index (χ1v) is 8.27. The highest BCUT2D eigenvalue weighted by Gasteiger charge is 2.09. The smallest absolute Gasteiger partial charge is 0.133 e. The van der Waals surface area contributed by atoms with Gasteiger partial charge in [0.25, 0.3) is 0 Å². The van der Waals surface area contributed by atoms with Crippen LogP contribution in [0, 0.1) is 5.41 Å². The Balaban J connectivity index is 2.08. The van der Waals surface area contributed by atoms with Gasteiger partial charge in [-0.25, -0.2) is 0 Å². The molecule has 0 fully saturated rings. The Morgan fingerprint density at radius 3 is 2.38 bits per heavy atom. The number of nitrogens with one attached hydrogen (secondary N) is 1. The number of hydrogen-bond donors (Lipinski definition) is 2. The van der Waals surface area contributed by atoms with Gasteiger partial charge in [0.05, 0.1) is 4.88 Å². The SMILES string of the molecule is CCN(CC)CCc1ccc(-c2ccsc2C(=N)N)cc1. The van der Waals surface area contributed by atoms with Crippen LogP contribution in [-0.2, 0) is 6.42 Å². The predicted molar refractivity (Wildman–Crippen MR) is 92.3 cm³/mol. The van der Waals surface area contributed by atoms with Crippen LogP contribution in [0.4, 0.5) is 0 Å². The van der Waals surface area contributed by atoms with E-state index in [1.54, 1.807) is 0 Å². The van der Waals surface area contributed by atoms with Crippen molar-refractivity contribution in [1.29, 1.82) is 5.41 Å². The number of hydrogen-bond acceptors (Lipinski definition) is 3. The van der Waals surface area contributed by atoms with Crippen molar-refractivity contribution in [2.75, 3.05) is 19.6 Å². The summed E-state index contributed by atoms with van der Waals surface area (Å²) >= 11 is 1.52. The number of nitrogens with zero attached hydrogens (tertiary/aromatic N) is 1. The lowest BCUT2D eigenvalue weighted by Crippen LogP contribution is -2.25. The summed E-state index contributed by atoms with van der Waals surface area (Å²) in [5.74, 6) is 0.144. The summed E-state index contributed by atoms with van der Waals surface area (Å²) in [4.78, 5) is 3.28. The summed E-state index contributed by atoms with van der Waals surface area (Å²) in [7, 11) is 0. The first-order valence-electron chi connectivity index (χ1n) is 7.39. The van der Waals surface area contributed by atoms with Crippen LogP contribution in [0.15, 0.2) is 35.7 Å². The van der Waals surface area contributed by atoms with E-state index in [2.05, 4.69) is 43.0 Å². The molecule has 0 atom stereocenters. The Morgan fingerprint density at radius 2 is 1.81 bits per heavy atom. The van der Waals surface area contributed by atoms with Gasteiger partial charge in [-0.1, -0.05) is 38.1 Å². The van der Waals surface area contributed by atoms with E-state index < -0.39 is 0 Å². The van der Waals surface area contributed by atoms with Crippen molar-refractivity contribution in [3.8, 4) is 11.1 Å². The molecule has 21 heavy (non-hydrogen) atoms. The van der Waals surface area contributed by atoms with Crippen LogP contribution in [0.1, 0.15) is 24.3 Å². The van der Waals surface area contributed by atoms with Gasteiger partial charge in [0.15, 0.2) is 0 Å². The number of nitrogen functional groups attached to an aromatic ring is 1. The fourth-order valence-electron chi connectivity index (χ4n) is 2.42. The largest absolute Gasteiger partial charge is 0.383 e. The zero-order valence-corrected chi connectivity index (χ0v) is 13.5. The maximum Gasteiger partial charge on any atom is 0.133 e. The highest BCUT2D eigenvalue weighted by Crippen LogP contribution is 2.28. The molecule has 112 valence electrons. The standard InChI is InChI=1S/C17H23N3S/c1-3-20(4-2)11-9-13-5-7-14(8-6-13)15-10-12-21-16(15)17(18)19/h5-8,10,12H,3-4,9,11H2,1-2H3,(H3,18,19). The average molecular weight is 301 g/mol. The number of benzene rings is 1.